The van der Waals surface area contributed by atoms with Crippen molar-refractivity contribution in [3.05, 3.63) is 29.3 Å². The lowest BCUT2D eigenvalue weighted by Gasteiger charge is -2.12. The summed E-state index contributed by atoms with van der Waals surface area (Å²) in [4.78, 5) is 0. The number of ether oxygens (including phenoxy) is 1. The van der Waals surface area contributed by atoms with Crippen LogP contribution < -0.4 is 10.5 Å². The van der Waals surface area contributed by atoms with Crippen LogP contribution in [0.4, 0.5) is 0 Å². The first kappa shape index (κ1) is 10.8. The van der Waals surface area contributed by atoms with Crippen molar-refractivity contribution < 1.29 is 4.74 Å². The molecule has 2 rings (SSSR count). The van der Waals surface area contributed by atoms with Gasteiger partial charge in [-0.2, -0.15) is 0 Å². The lowest BCUT2D eigenvalue weighted by molar-refractivity contribution is 0.278. The van der Waals surface area contributed by atoms with Crippen LogP contribution in [-0.4, -0.2) is 12.6 Å². The van der Waals surface area contributed by atoms with Crippen molar-refractivity contribution in [3.63, 3.8) is 0 Å². The Bertz CT molecular complexity index is 308. The standard InChI is InChI=1S/C12H16ClNO/c13-10-3-5-12(6-4-10)15-8-11(14)7-9-1-2-9/h3-6,9,11H,1-2,7-8,14H2. The Kier molecular flexibility index (Phi) is 3.49. The number of hydrogen-bond acceptors (Lipinski definition) is 2. The fraction of sp³-hybridized carbons (Fsp3) is 0.500. The SMILES string of the molecule is NC(COc1ccc(Cl)cc1)CC1CC1. The molecule has 0 amide bonds. The molecule has 1 fully saturated rings. The smallest absolute Gasteiger partial charge is 0.119 e. The van der Waals surface area contributed by atoms with Gasteiger partial charge in [-0.15, -0.1) is 0 Å². The molecule has 0 bridgehead atoms. The second-order valence-electron chi connectivity index (χ2n) is 4.20. The topological polar surface area (TPSA) is 35.2 Å². The molecular weight excluding hydrogens is 210 g/mol. The quantitative estimate of drug-likeness (QED) is 0.837. The molecule has 1 saturated carbocycles. The molecular formula is C12H16ClNO. The molecule has 82 valence electrons. The third-order valence-corrected chi connectivity index (χ3v) is 2.86. The minimum Gasteiger partial charge on any atom is -0.492 e. The molecule has 1 aromatic carbocycles. The first-order chi connectivity index (χ1) is 7.24. The molecule has 0 radical (unpaired) electrons. The van der Waals surface area contributed by atoms with E-state index in [2.05, 4.69) is 0 Å². The van der Waals surface area contributed by atoms with Crippen LogP contribution in [0.5, 0.6) is 5.75 Å². The normalized spacial score (nSPS) is 17.5. The van der Waals surface area contributed by atoms with E-state index in [4.69, 9.17) is 22.1 Å². The molecule has 2 N–H and O–H groups in total. The molecule has 0 heterocycles. The maximum atomic E-state index is 5.94. The van der Waals surface area contributed by atoms with Crippen molar-refractivity contribution in [1.29, 1.82) is 0 Å². The van der Waals surface area contributed by atoms with Gasteiger partial charge < -0.3 is 10.5 Å². The van der Waals surface area contributed by atoms with E-state index in [0.717, 1.165) is 23.1 Å². The average Bonchev–Trinajstić information content (AvgIpc) is 3.01. The summed E-state index contributed by atoms with van der Waals surface area (Å²) in [6.45, 7) is 0.595. The van der Waals surface area contributed by atoms with Gasteiger partial charge in [0.05, 0.1) is 0 Å². The van der Waals surface area contributed by atoms with Gasteiger partial charge in [-0.3, -0.25) is 0 Å². The van der Waals surface area contributed by atoms with E-state index in [1.54, 1.807) is 0 Å². The number of nitrogens with two attached hydrogens (primary N) is 1. The zero-order valence-corrected chi connectivity index (χ0v) is 9.41. The van der Waals surface area contributed by atoms with Crippen molar-refractivity contribution in [2.45, 2.75) is 25.3 Å². The van der Waals surface area contributed by atoms with Crippen LogP contribution in [0.1, 0.15) is 19.3 Å². The van der Waals surface area contributed by atoms with Gasteiger partial charge in [0.1, 0.15) is 12.4 Å². The van der Waals surface area contributed by atoms with Crippen molar-refractivity contribution >= 4 is 11.6 Å². The van der Waals surface area contributed by atoms with E-state index in [-0.39, 0.29) is 6.04 Å². The van der Waals surface area contributed by atoms with Gasteiger partial charge in [0.25, 0.3) is 0 Å². The van der Waals surface area contributed by atoms with Crippen LogP contribution in [0.2, 0.25) is 5.02 Å². The molecule has 15 heavy (non-hydrogen) atoms. The lowest BCUT2D eigenvalue weighted by Crippen LogP contribution is -2.28. The predicted molar refractivity (Wildman–Crippen MR) is 62.3 cm³/mol. The van der Waals surface area contributed by atoms with E-state index >= 15 is 0 Å². The Hall–Kier alpha value is -0.730. The highest BCUT2D eigenvalue weighted by atomic mass is 35.5. The predicted octanol–water partition coefficient (Wildman–Crippen LogP) is 2.85. The van der Waals surface area contributed by atoms with E-state index in [1.165, 1.54) is 12.8 Å². The van der Waals surface area contributed by atoms with Crippen LogP contribution in [0.15, 0.2) is 24.3 Å². The van der Waals surface area contributed by atoms with Crippen LogP contribution in [0, 0.1) is 5.92 Å². The van der Waals surface area contributed by atoms with E-state index in [9.17, 15) is 0 Å². The molecule has 1 unspecified atom stereocenters. The maximum absolute atomic E-state index is 5.94. The van der Waals surface area contributed by atoms with Crippen molar-refractivity contribution in [2.75, 3.05) is 6.61 Å². The van der Waals surface area contributed by atoms with Crippen LogP contribution >= 0.6 is 11.6 Å². The second kappa shape index (κ2) is 4.86. The van der Waals surface area contributed by atoms with E-state index in [1.807, 2.05) is 24.3 Å². The molecule has 1 aliphatic carbocycles. The summed E-state index contributed by atoms with van der Waals surface area (Å²) in [5, 5.41) is 0.727. The summed E-state index contributed by atoms with van der Waals surface area (Å²) in [5.74, 6) is 1.69. The molecule has 0 spiro atoms. The third-order valence-electron chi connectivity index (χ3n) is 2.61. The monoisotopic (exact) mass is 225 g/mol. The summed E-state index contributed by atoms with van der Waals surface area (Å²) in [7, 11) is 0. The molecule has 1 aromatic rings. The van der Waals surface area contributed by atoms with Crippen LogP contribution in [0.25, 0.3) is 0 Å². The van der Waals surface area contributed by atoms with Crippen molar-refractivity contribution in [3.8, 4) is 5.75 Å². The summed E-state index contributed by atoms with van der Waals surface area (Å²) in [6, 6.07) is 7.54. The first-order valence-corrected chi connectivity index (χ1v) is 5.76. The van der Waals surface area contributed by atoms with Gasteiger partial charge in [-0.05, 0) is 36.6 Å². The molecule has 0 saturated heterocycles. The minimum absolute atomic E-state index is 0.160. The fourth-order valence-electron chi connectivity index (χ4n) is 1.58. The molecule has 3 heteroatoms. The van der Waals surface area contributed by atoms with Gasteiger partial charge in [0.2, 0.25) is 0 Å². The van der Waals surface area contributed by atoms with E-state index < -0.39 is 0 Å². The molecule has 1 atom stereocenters. The summed E-state index contributed by atoms with van der Waals surface area (Å²) in [6.07, 6.45) is 3.77. The number of hydrogen-bond donors (Lipinski definition) is 1. The Morgan fingerprint density at radius 3 is 2.60 bits per heavy atom. The van der Waals surface area contributed by atoms with Crippen molar-refractivity contribution in [1.82, 2.24) is 0 Å². The third kappa shape index (κ3) is 3.73. The zero-order chi connectivity index (χ0) is 10.7. The fourth-order valence-corrected chi connectivity index (χ4v) is 1.71. The van der Waals surface area contributed by atoms with Crippen LogP contribution in [-0.2, 0) is 0 Å². The number of benzene rings is 1. The highest BCUT2D eigenvalue weighted by Gasteiger charge is 2.23. The summed E-state index contributed by atoms with van der Waals surface area (Å²) >= 11 is 5.77. The Balaban J connectivity index is 1.74. The average molecular weight is 226 g/mol. The van der Waals surface area contributed by atoms with Gasteiger partial charge in [-0.25, -0.2) is 0 Å². The first-order valence-electron chi connectivity index (χ1n) is 5.38. The molecule has 0 aromatic heterocycles. The van der Waals surface area contributed by atoms with Crippen molar-refractivity contribution in [2.24, 2.45) is 11.7 Å². The summed E-state index contributed by atoms with van der Waals surface area (Å²) < 4.78 is 5.57. The molecule has 1 aliphatic rings. The summed E-state index contributed by atoms with van der Waals surface area (Å²) in [5.41, 5.74) is 5.94. The zero-order valence-electron chi connectivity index (χ0n) is 8.66. The largest absolute Gasteiger partial charge is 0.492 e. The highest BCUT2D eigenvalue weighted by Crippen LogP contribution is 2.33. The Morgan fingerprint density at radius 1 is 1.33 bits per heavy atom. The van der Waals surface area contributed by atoms with E-state index in [0.29, 0.717) is 6.61 Å². The van der Waals surface area contributed by atoms with Gasteiger partial charge >= 0.3 is 0 Å². The minimum atomic E-state index is 0.160. The van der Waals surface area contributed by atoms with Gasteiger partial charge in [-0.1, -0.05) is 24.4 Å². The Labute approximate surface area is 95.4 Å². The maximum Gasteiger partial charge on any atom is 0.119 e. The molecule has 0 aliphatic heterocycles. The Morgan fingerprint density at radius 2 is 2.00 bits per heavy atom. The van der Waals surface area contributed by atoms with Crippen LogP contribution in [0.3, 0.4) is 0 Å². The lowest BCUT2D eigenvalue weighted by atomic mass is 10.1. The number of halogens is 1. The van der Waals surface area contributed by atoms with Gasteiger partial charge in [0.15, 0.2) is 0 Å². The molecule has 2 nitrogen and oxygen atoms in total. The highest BCUT2D eigenvalue weighted by molar-refractivity contribution is 6.30. The van der Waals surface area contributed by atoms with Gasteiger partial charge in [0, 0.05) is 11.1 Å². The second-order valence-corrected chi connectivity index (χ2v) is 4.64. The number of rotatable bonds is 5.